The molecule has 1 aliphatic carbocycles. The van der Waals surface area contributed by atoms with E-state index in [2.05, 4.69) is 17.2 Å². The summed E-state index contributed by atoms with van der Waals surface area (Å²) in [6, 6.07) is 3.63. The number of hydrogen-bond donors (Lipinski definition) is 1. The molecule has 5 nitrogen and oxygen atoms in total. The van der Waals surface area contributed by atoms with Crippen LogP contribution in [0.2, 0.25) is 0 Å². The van der Waals surface area contributed by atoms with Gasteiger partial charge in [-0.3, -0.25) is 0 Å². The summed E-state index contributed by atoms with van der Waals surface area (Å²) in [7, 11) is 0. The zero-order valence-electron chi connectivity index (χ0n) is 9.22. The van der Waals surface area contributed by atoms with Crippen LogP contribution < -0.4 is 5.32 Å². The number of rotatable bonds is 3. The Balaban J connectivity index is 2.02. The van der Waals surface area contributed by atoms with Crippen molar-refractivity contribution in [2.45, 2.75) is 32.2 Å². The van der Waals surface area contributed by atoms with Crippen molar-refractivity contribution in [1.29, 1.82) is 0 Å². The Kier molecular flexibility index (Phi) is 3.03. The summed E-state index contributed by atoms with van der Waals surface area (Å²) in [5.41, 5.74) is 0.865. The number of hydrogen-bond acceptors (Lipinski definition) is 4. The van der Waals surface area contributed by atoms with Gasteiger partial charge in [0.25, 0.3) is 0 Å². The number of nitrogens with one attached hydrogen (secondary N) is 1. The van der Waals surface area contributed by atoms with Gasteiger partial charge in [-0.25, -0.2) is 0 Å². The third-order valence-corrected chi connectivity index (χ3v) is 3.15. The first kappa shape index (κ1) is 10.9. The molecule has 1 aromatic rings. The topological polar surface area (TPSA) is 68.1 Å². The maximum absolute atomic E-state index is 10.4. The highest BCUT2D eigenvalue weighted by molar-refractivity contribution is 5.44. The van der Waals surface area contributed by atoms with E-state index in [1.54, 1.807) is 6.07 Å². The molecule has 86 valence electrons. The monoisotopic (exact) mass is 221 g/mol. The fourth-order valence-electron chi connectivity index (χ4n) is 2.15. The molecule has 0 saturated heterocycles. The van der Waals surface area contributed by atoms with Crippen LogP contribution in [-0.2, 0) is 0 Å². The zero-order chi connectivity index (χ0) is 11.5. The van der Waals surface area contributed by atoms with Gasteiger partial charge < -0.3 is 15.4 Å². The lowest BCUT2D eigenvalue weighted by molar-refractivity contribution is -0.389. The Bertz CT molecular complexity index is 377. The molecule has 0 aromatic carbocycles. The maximum atomic E-state index is 10.4. The van der Waals surface area contributed by atoms with Crippen LogP contribution in [0, 0.1) is 16.0 Å². The van der Waals surface area contributed by atoms with Crippen LogP contribution in [0.25, 0.3) is 0 Å². The van der Waals surface area contributed by atoms with Crippen LogP contribution in [0.3, 0.4) is 0 Å². The van der Waals surface area contributed by atoms with Crippen LogP contribution in [0.4, 0.5) is 11.5 Å². The molecule has 0 amide bonds. The maximum Gasteiger partial charge on any atom is 0.363 e. The molecular weight excluding hydrogens is 206 g/mol. The number of nitro groups is 1. The lowest BCUT2D eigenvalue weighted by Crippen LogP contribution is -2.21. The SMILES string of the molecule is CC1CCCC1Nc1ccc([N+](=O)[O-])nc1. The predicted octanol–water partition coefficient (Wildman–Crippen LogP) is 2.59. The van der Waals surface area contributed by atoms with E-state index < -0.39 is 4.92 Å². The van der Waals surface area contributed by atoms with Crippen molar-refractivity contribution < 1.29 is 4.92 Å². The zero-order valence-corrected chi connectivity index (χ0v) is 9.22. The molecule has 1 saturated carbocycles. The fourth-order valence-corrected chi connectivity index (χ4v) is 2.15. The van der Waals surface area contributed by atoms with Crippen molar-refractivity contribution in [3.05, 3.63) is 28.4 Å². The summed E-state index contributed by atoms with van der Waals surface area (Å²) in [5, 5.41) is 13.8. The summed E-state index contributed by atoms with van der Waals surface area (Å²) in [6.45, 7) is 2.23. The van der Waals surface area contributed by atoms with E-state index >= 15 is 0 Å². The molecule has 1 N–H and O–H groups in total. The molecule has 1 fully saturated rings. The van der Waals surface area contributed by atoms with Gasteiger partial charge >= 0.3 is 5.82 Å². The molecule has 1 aliphatic rings. The first-order valence-electron chi connectivity index (χ1n) is 5.54. The minimum absolute atomic E-state index is 0.106. The number of anilines is 1. The van der Waals surface area contributed by atoms with Crippen LogP contribution in [0.1, 0.15) is 26.2 Å². The average molecular weight is 221 g/mol. The molecule has 0 radical (unpaired) electrons. The Hall–Kier alpha value is -1.65. The highest BCUT2D eigenvalue weighted by atomic mass is 16.6. The normalized spacial score (nSPS) is 24.3. The molecule has 0 spiro atoms. The van der Waals surface area contributed by atoms with E-state index in [1.165, 1.54) is 25.1 Å². The Morgan fingerprint density at radius 2 is 2.31 bits per heavy atom. The van der Waals surface area contributed by atoms with E-state index in [4.69, 9.17) is 0 Å². The Labute approximate surface area is 94.0 Å². The molecule has 0 bridgehead atoms. The summed E-state index contributed by atoms with van der Waals surface area (Å²) in [6.07, 6.45) is 5.19. The van der Waals surface area contributed by atoms with Gasteiger partial charge in [0.1, 0.15) is 0 Å². The molecule has 2 atom stereocenters. The van der Waals surface area contributed by atoms with E-state index in [-0.39, 0.29) is 5.82 Å². The first-order valence-corrected chi connectivity index (χ1v) is 5.54. The van der Waals surface area contributed by atoms with Gasteiger partial charge in [0.05, 0.1) is 5.69 Å². The predicted molar refractivity (Wildman–Crippen MR) is 61.3 cm³/mol. The second-order valence-electron chi connectivity index (χ2n) is 4.32. The van der Waals surface area contributed by atoms with Gasteiger partial charge in [0.2, 0.25) is 0 Å². The standard InChI is InChI=1S/C11H15N3O2/c1-8-3-2-4-10(8)13-9-5-6-11(12-7-9)14(15)16/h5-8,10,13H,2-4H2,1H3. The first-order chi connectivity index (χ1) is 7.66. The summed E-state index contributed by atoms with van der Waals surface area (Å²) in [5.74, 6) is 0.556. The van der Waals surface area contributed by atoms with Gasteiger partial charge in [0.15, 0.2) is 6.20 Å². The van der Waals surface area contributed by atoms with E-state index in [1.807, 2.05) is 0 Å². The van der Waals surface area contributed by atoms with Crippen molar-refractivity contribution in [1.82, 2.24) is 4.98 Å². The third kappa shape index (κ3) is 2.29. The largest absolute Gasteiger partial charge is 0.379 e. The van der Waals surface area contributed by atoms with Gasteiger partial charge in [-0.1, -0.05) is 13.3 Å². The molecule has 2 rings (SSSR count). The quantitative estimate of drug-likeness (QED) is 0.629. The summed E-state index contributed by atoms with van der Waals surface area (Å²) < 4.78 is 0. The molecule has 16 heavy (non-hydrogen) atoms. The molecule has 0 aliphatic heterocycles. The molecule has 1 heterocycles. The molecule has 2 unspecified atom stereocenters. The van der Waals surface area contributed by atoms with Gasteiger partial charge in [-0.2, -0.15) is 0 Å². The summed E-state index contributed by atoms with van der Waals surface area (Å²) in [4.78, 5) is 13.7. The minimum atomic E-state index is -0.484. The number of aromatic nitrogens is 1. The lowest BCUT2D eigenvalue weighted by atomic mass is 10.1. The van der Waals surface area contributed by atoms with Crippen LogP contribution >= 0.6 is 0 Å². The van der Waals surface area contributed by atoms with Gasteiger partial charge in [-0.05, 0) is 34.7 Å². The van der Waals surface area contributed by atoms with Gasteiger partial charge in [-0.15, -0.1) is 0 Å². The van der Waals surface area contributed by atoms with Crippen molar-refractivity contribution in [3.8, 4) is 0 Å². The summed E-state index contributed by atoms with van der Waals surface area (Å²) >= 11 is 0. The van der Waals surface area contributed by atoms with E-state index in [0.717, 1.165) is 12.1 Å². The minimum Gasteiger partial charge on any atom is -0.379 e. The highest BCUT2D eigenvalue weighted by Crippen LogP contribution is 2.27. The van der Waals surface area contributed by atoms with Crippen molar-refractivity contribution in [2.24, 2.45) is 5.92 Å². The second kappa shape index (κ2) is 4.47. The van der Waals surface area contributed by atoms with Crippen LogP contribution in [0.15, 0.2) is 18.3 Å². The van der Waals surface area contributed by atoms with E-state index in [9.17, 15) is 10.1 Å². The Morgan fingerprint density at radius 3 is 2.81 bits per heavy atom. The fraction of sp³-hybridized carbons (Fsp3) is 0.545. The molecular formula is C11H15N3O2. The van der Waals surface area contributed by atoms with Crippen molar-refractivity contribution >= 4 is 11.5 Å². The number of nitrogens with zero attached hydrogens (tertiary/aromatic N) is 2. The Morgan fingerprint density at radius 1 is 1.50 bits per heavy atom. The molecule has 1 aromatic heterocycles. The average Bonchev–Trinajstić information content (AvgIpc) is 2.65. The second-order valence-corrected chi connectivity index (χ2v) is 4.32. The molecule has 5 heteroatoms. The number of pyridine rings is 1. The van der Waals surface area contributed by atoms with Crippen LogP contribution in [-0.4, -0.2) is 15.9 Å². The van der Waals surface area contributed by atoms with Crippen molar-refractivity contribution in [3.63, 3.8) is 0 Å². The van der Waals surface area contributed by atoms with Gasteiger partial charge in [0, 0.05) is 12.1 Å². The highest BCUT2D eigenvalue weighted by Gasteiger charge is 2.23. The smallest absolute Gasteiger partial charge is 0.363 e. The van der Waals surface area contributed by atoms with E-state index in [0.29, 0.717) is 12.0 Å². The lowest BCUT2D eigenvalue weighted by Gasteiger charge is -2.17. The van der Waals surface area contributed by atoms with Crippen molar-refractivity contribution in [2.75, 3.05) is 5.32 Å². The third-order valence-electron chi connectivity index (χ3n) is 3.15. The van der Waals surface area contributed by atoms with Crippen LogP contribution in [0.5, 0.6) is 0 Å².